The van der Waals surface area contributed by atoms with Crippen molar-refractivity contribution in [2.75, 3.05) is 24.3 Å². The summed E-state index contributed by atoms with van der Waals surface area (Å²) < 4.78 is 23.6. The molecule has 1 heterocycles. The molecule has 0 N–H and O–H groups in total. The molecule has 7 heteroatoms. The molecule has 1 fully saturated rings. The number of hydrogen-bond acceptors (Lipinski definition) is 5. The van der Waals surface area contributed by atoms with E-state index in [0.717, 1.165) is 5.75 Å². The van der Waals surface area contributed by atoms with Crippen molar-refractivity contribution >= 4 is 40.1 Å². The van der Waals surface area contributed by atoms with Crippen molar-refractivity contribution < 1.29 is 13.2 Å². The maximum atomic E-state index is 12.4. The molecule has 1 aliphatic rings. The van der Waals surface area contributed by atoms with Gasteiger partial charge in [-0.3, -0.25) is 4.79 Å². The van der Waals surface area contributed by atoms with Gasteiger partial charge in [-0.2, -0.15) is 11.8 Å². The first-order chi connectivity index (χ1) is 8.89. The van der Waals surface area contributed by atoms with Gasteiger partial charge in [0.1, 0.15) is 5.37 Å². The number of carbonyl (C=O) groups is 1. The average Bonchev–Trinajstić information content (AvgIpc) is 2.37. The topological polar surface area (TPSA) is 54.5 Å². The van der Waals surface area contributed by atoms with Crippen LogP contribution in [0.4, 0.5) is 0 Å². The van der Waals surface area contributed by atoms with Crippen LogP contribution in [0, 0.1) is 0 Å². The Kier molecular flexibility index (Phi) is 4.47. The molecule has 1 aromatic rings. The van der Waals surface area contributed by atoms with Gasteiger partial charge >= 0.3 is 0 Å². The number of nitrogens with zero attached hydrogens (tertiary/aromatic N) is 1. The zero-order chi connectivity index (χ0) is 14.0. The van der Waals surface area contributed by atoms with Gasteiger partial charge in [0.25, 0.3) is 5.91 Å². The Balaban J connectivity index is 2.30. The maximum Gasteiger partial charge on any atom is 0.255 e. The summed E-state index contributed by atoms with van der Waals surface area (Å²) in [6.45, 7) is 0.456. The van der Waals surface area contributed by atoms with Gasteiger partial charge in [0.2, 0.25) is 0 Å². The molecule has 0 aliphatic carbocycles. The number of thiol groups is 1. The van der Waals surface area contributed by atoms with Crippen molar-refractivity contribution in [2.24, 2.45) is 0 Å². The molecule has 1 saturated heterocycles. The Morgan fingerprint density at radius 2 is 2.21 bits per heavy atom. The van der Waals surface area contributed by atoms with E-state index in [9.17, 15) is 13.2 Å². The maximum absolute atomic E-state index is 12.4. The van der Waals surface area contributed by atoms with Gasteiger partial charge < -0.3 is 4.90 Å². The molecule has 0 radical (unpaired) electrons. The third-order valence-electron chi connectivity index (χ3n) is 2.93. The van der Waals surface area contributed by atoms with Crippen molar-refractivity contribution in [1.82, 2.24) is 4.90 Å². The minimum Gasteiger partial charge on any atom is -0.320 e. The molecule has 1 amide bonds. The highest BCUT2D eigenvalue weighted by molar-refractivity contribution is 8.00. The predicted octanol–water partition coefficient (Wildman–Crippen LogP) is 1.54. The fraction of sp³-hybridized carbons (Fsp3) is 0.417. The summed E-state index contributed by atoms with van der Waals surface area (Å²) in [7, 11) is -3.27. The fourth-order valence-electron chi connectivity index (χ4n) is 1.97. The molecule has 1 atom stereocenters. The van der Waals surface area contributed by atoms with Crippen LogP contribution in [0.25, 0.3) is 0 Å². The highest BCUT2D eigenvalue weighted by Gasteiger charge is 2.34. The minimum atomic E-state index is -3.27. The van der Waals surface area contributed by atoms with E-state index in [0.29, 0.717) is 22.8 Å². The smallest absolute Gasteiger partial charge is 0.255 e. The minimum absolute atomic E-state index is 0.244. The van der Waals surface area contributed by atoms with Crippen molar-refractivity contribution in [1.29, 1.82) is 0 Å². The normalized spacial score (nSPS) is 20.3. The van der Waals surface area contributed by atoms with E-state index >= 15 is 0 Å². The van der Waals surface area contributed by atoms with Gasteiger partial charge in [-0.1, -0.05) is 6.07 Å². The molecular weight excluding hydrogens is 302 g/mol. The Hall–Kier alpha value is -0.660. The summed E-state index contributed by atoms with van der Waals surface area (Å²) in [6.07, 6.45) is 1.18. The molecule has 1 aromatic carbocycles. The molecule has 2 rings (SSSR count). The van der Waals surface area contributed by atoms with Crippen LogP contribution in [-0.2, 0) is 9.84 Å². The second-order valence-corrected chi connectivity index (χ2v) is 8.28. The Labute approximate surface area is 122 Å². The van der Waals surface area contributed by atoms with E-state index in [4.69, 9.17) is 0 Å². The molecule has 19 heavy (non-hydrogen) atoms. The van der Waals surface area contributed by atoms with Crippen molar-refractivity contribution in [2.45, 2.75) is 10.3 Å². The summed E-state index contributed by atoms with van der Waals surface area (Å²) in [5, 5.41) is -0.734. The summed E-state index contributed by atoms with van der Waals surface area (Å²) in [4.78, 5) is 14.6. The quantitative estimate of drug-likeness (QED) is 0.841. The number of rotatable bonds is 2. The number of sulfone groups is 1. The Bertz CT molecular complexity index is 586. The lowest BCUT2D eigenvalue weighted by atomic mass is 10.2. The van der Waals surface area contributed by atoms with Crippen LogP contribution in [0.5, 0.6) is 0 Å². The summed E-state index contributed by atoms with van der Waals surface area (Å²) >= 11 is 5.76. The Morgan fingerprint density at radius 1 is 1.47 bits per heavy atom. The molecule has 104 valence electrons. The third kappa shape index (κ3) is 3.46. The van der Waals surface area contributed by atoms with Crippen LogP contribution in [0.2, 0.25) is 0 Å². The van der Waals surface area contributed by atoms with Gasteiger partial charge in [-0.25, -0.2) is 8.42 Å². The van der Waals surface area contributed by atoms with Gasteiger partial charge in [-0.05, 0) is 18.2 Å². The van der Waals surface area contributed by atoms with Gasteiger partial charge in [0.05, 0.1) is 0 Å². The SMILES string of the molecule is CS(=O)(=O)C1CSCCN1C(=O)c1cccc(S)c1. The standard InChI is InChI=1S/C12H15NO3S3/c1-19(15,16)11-8-18-6-5-13(11)12(14)9-3-2-4-10(17)7-9/h2-4,7,11,17H,5-6,8H2,1H3. The first-order valence-corrected chi connectivity index (χ1v) is 9.32. The zero-order valence-corrected chi connectivity index (χ0v) is 13.0. The second kappa shape index (κ2) is 5.76. The lowest BCUT2D eigenvalue weighted by Crippen LogP contribution is -2.49. The molecule has 0 spiro atoms. The number of amides is 1. The van der Waals surface area contributed by atoms with Gasteiger partial charge in [0, 0.05) is 34.8 Å². The van der Waals surface area contributed by atoms with Crippen LogP contribution in [0.15, 0.2) is 29.2 Å². The van der Waals surface area contributed by atoms with Crippen molar-refractivity contribution in [3.05, 3.63) is 29.8 Å². The summed E-state index contributed by atoms with van der Waals surface area (Å²) in [5.41, 5.74) is 0.480. The monoisotopic (exact) mass is 317 g/mol. The fourth-order valence-corrected chi connectivity index (χ4v) is 5.01. The predicted molar refractivity (Wildman–Crippen MR) is 80.7 cm³/mol. The van der Waals surface area contributed by atoms with E-state index in [1.54, 1.807) is 36.0 Å². The van der Waals surface area contributed by atoms with Crippen LogP contribution < -0.4 is 0 Å². The van der Waals surface area contributed by atoms with Crippen molar-refractivity contribution in [3.63, 3.8) is 0 Å². The van der Waals surface area contributed by atoms with Crippen LogP contribution in [0.3, 0.4) is 0 Å². The molecule has 0 bridgehead atoms. The average molecular weight is 317 g/mol. The van der Waals surface area contributed by atoms with Crippen LogP contribution in [0.1, 0.15) is 10.4 Å². The highest BCUT2D eigenvalue weighted by atomic mass is 32.2. The van der Waals surface area contributed by atoms with E-state index in [-0.39, 0.29) is 5.91 Å². The van der Waals surface area contributed by atoms with E-state index < -0.39 is 15.2 Å². The third-order valence-corrected chi connectivity index (χ3v) is 5.85. The lowest BCUT2D eigenvalue weighted by molar-refractivity contribution is 0.0749. The second-order valence-electron chi connectivity index (χ2n) is 4.41. The Morgan fingerprint density at radius 3 is 2.84 bits per heavy atom. The highest BCUT2D eigenvalue weighted by Crippen LogP contribution is 2.23. The molecular formula is C12H15NO3S3. The van der Waals surface area contributed by atoms with E-state index in [1.807, 2.05) is 0 Å². The largest absolute Gasteiger partial charge is 0.320 e. The first kappa shape index (κ1) is 14.7. The van der Waals surface area contributed by atoms with Crippen LogP contribution >= 0.6 is 24.4 Å². The van der Waals surface area contributed by atoms with Crippen LogP contribution in [-0.4, -0.2) is 48.9 Å². The zero-order valence-electron chi connectivity index (χ0n) is 10.4. The number of hydrogen-bond donors (Lipinski definition) is 1. The molecule has 0 aromatic heterocycles. The molecule has 1 aliphatic heterocycles. The molecule has 0 saturated carbocycles. The number of carbonyl (C=O) groups excluding carboxylic acids is 1. The van der Waals surface area contributed by atoms with E-state index in [2.05, 4.69) is 12.6 Å². The summed E-state index contributed by atoms with van der Waals surface area (Å²) in [6, 6.07) is 6.86. The lowest BCUT2D eigenvalue weighted by Gasteiger charge is -2.34. The first-order valence-electron chi connectivity index (χ1n) is 5.76. The molecule has 4 nitrogen and oxygen atoms in total. The molecule has 1 unspecified atom stereocenters. The number of benzene rings is 1. The summed E-state index contributed by atoms with van der Waals surface area (Å²) in [5.74, 6) is 0.954. The van der Waals surface area contributed by atoms with Gasteiger partial charge in [-0.15, -0.1) is 12.6 Å². The van der Waals surface area contributed by atoms with Crippen molar-refractivity contribution in [3.8, 4) is 0 Å². The number of thioether (sulfide) groups is 1. The van der Waals surface area contributed by atoms with E-state index in [1.165, 1.54) is 11.2 Å². The van der Waals surface area contributed by atoms with Gasteiger partial charge in [0.15, 0.2) is 9.84 Å².